The third-order valence-electron chi connectivity index (χ3n) is 3.49. The van der Waals surface area contributed by atoms with E-state index in [1.165, 1.54) is 0 Å². The van der Waals surface area contributed by atoms with Gasteiger partial charge in [-0.3, -0.25) is 4.79 Å². The van der Waals surface area contributed by atoms with Gasteiger partial charge in [0.25, 0.3) is 0 Å². The SMILES string of the molecule is O=c1c2c(oc3ccc(Br)cc13)-c1ccc(Br)cc1CO2. The lowest BCUT2D eigenvalue weighted by atomic mass is 10.0. The fourth-order valence-electron chi connectivity index (χ4n) is 2.51. The predicted molar refractivity (Wildman–Crippen MR) is 87.7 cm³/mol. The first kappa shape index (κ1) is 13.1. The van der Waals surface area contributed by atoms with E-state index in [0.29, 0.717) is 23.3 Å². The molecule has 0 unspecified atom stereocenters. The standard InChI is InChI=1S/C16H8Br2O3/c17-9-1-3-11-8(5-9)7-20-16-14(19)12-6-10(18)2-4-13(12)21-15(11)16/h1-6H,7H2. The first-order valence-corrected chi connectivity index (χ1v) is 7.90. The van der Waals surface area contributed by atoms with Crippen molar-refractivity contribution in [2.24, 2.45) is 0 Å². The first-order valence-electron chi connectivity index (χ1n) is 6.31. The summed E-state index contributed by atoms with van der Waals surface area (Å²) in [5.74, 6) is 0.791. The lowest BCUT2D eigenvalue weighted by molar-refractivity contribution is 0.290. The van der Waals surface area contributed by atoms with E-state index in [1.807, 2.05) is 24.3 Å². The molecular weight excluding hydrogens is 400 g/mol. The Morgan fingerprint density at radius 3 is 2.62 bits per heavy atom. The van der Waals surface area contributed by atoms with E-state index in [-0.39, 0.29) is 11.2 Å². The lowest BCUT2D eigenvalue weighted by Gasteiger charge is -2.19. The molecule has 3 aromatic rings. The molecule has 0 spiro atoms. The summed E-state index contributed by atoms with van der Waals surface area (Å²) in [6.45, 7) is 0.367. The molecular formula is C16H8Br2O3. The monoisotopic (exact) mass is 406 g/mol. The van der Waals surface area contributed by atoms with Crippen molar-refractivity contribution in [1.82, 2.24) is 0 Å². The minimum Gasteiger partial charge on any atom is -0.481 e. The highest BCUT2D eigenvalue weighted by Gasteiger charge is 2.24. The lowest BCUT2D eigenvalue weighted by Crippen LogP contribution is -2.14. The van der Waals surface area contributed by atoms with Crippen LogP contribution in [0.15, 0.2) is 54.6 Å². The molecule has 1 aliphatic heterocycles. The average molecular weight is 408 g/mol. The quantitative estimate of drug-likeness (QED) is 0.533. The molecule has 0 bridgehead atoms. The van der Waals surface area contributed by atoms with Crippen LogP contribution in [0.25, 0.3) is 22.3 Å². The van der Waals surface area contributed by atoms with Crippen LogP contribution in [-0.2, 0) is 6.61 Å². The van der Waals surface area contributed by atoms with Crippen LogP contribution in [0.4, 0.5) is 0 Å². The second-order valence-electron chi connectivity index (χ2n) is 4.82. The van der Waals surface area contributed by atoms with Crippen LogP contribution in [0.3, 0.4) is 0 Å². The molecule has 2 heterocycles. The average Bonchev–Trinajstić information content (AvgIpc) is 2.47. The van der Waals surface area contributed by atoms with Crippen molar-refractivity contribution in [1.29, 1.82) is 0 Å². The van der Waals surface area contributed by atoms with Crippen molar-refractivity contribution >= 4 is 42.8 Å². The van der Waals surface area contributed by atoms with Crippen LogP contribution in [0.2, 0.25) is 0 Å². The van der Waals surface area contributed by atoms with Gasteiger partial charge in [-0.05, 0) is 36.4 Å². The zero-order valence-electron chi connectivity index (χ0n) is 10.7. The molecule has 104 valence electrons. The molecule has 0 fully saturated rings. The van der Waals surface area contributed by atoms with Gasteiger partial charge in [0.2, 0.25) is 11.2 Å². The Bertz CT molecular complexity index is 944. The highest BCUT2D eigenvalue weighted by atomic mass is 79.9. The fraction of sp³-hybridized carbons (Fsp3) is 0.0625. The van der Waals surface area contributed by atoms with E-state index in [0.717, 1.165) is 20.1 Å². The van der Waals surface area contributed by atoms with Crippen molar-refractivity contribution in [2.75, 3.05) is 0 Å². The fourth-order valence-corrected chi connectivity index (χ4v) is 3.28. The number of rotatable bonds is 0. The van der Waals surface area contributed by atoms with Gasteiger partial charge < -0.3 is 9.15 Å². The smallest absolute Gasteiger partial charge is 0.235 e. The van der Waals surface area contributed by atoms with E-state index in [1.54, 1.807) is 12.1 Å². The normalized spacial score (nSPS) is 12.7. The summed E-state index contributed by atoms with van der Waals surface area (Å²) < 4.78 is 13.4. The molecule has 1 aliphatic rings. The van der Waals surface area contributed by atoms with Gasteiger partial charge >= 0.3 is 0 Å². The van der Waals surface area contributed by atoms with E-state index < -0.39 is 0 Å². The third kappa shape index (κ3) is 2.03. The topological polar surface area (TPSA) is 39.4 Å². The maximum absolute atomic E-state index is 12.6. The minimum absolute atomic E-state index is 0.138. The van der Waals surface area contributed by atoms with Gasteiger partial charge in [0.15, 0.2) is 5.76 Å². The molecule has 21 heavy (non-hydrogen) atoms. The molecule has 0 saturated heterocycles. The summed E-state index contributed by atoms with van der Waals surface area (Å²) in [6, 6.07) is 11.2. The van der Waals surface area contributed by atoms with E-state index in [9.17, 15) is 4.79 Å². The summed E-state index contributed by atoms with van der Waals surface area (Å²) >= 11 is 6.81. The van der Waals surface area contributed by atoms with Crippen LogP contribution in [-0.4, -0.2) is 0 Å². The van der Waals surface area contributed by atoms with Crippen molar-refractivity contribution in [3.05, 3.63) is 61.1 Å². The molecule has 5 heteroatoms. The van der Waals surface area contributed by atoms with Gasteiger partial charge in [-0.2, -0.15) is 0 Å². The van der Waals surface area contributed by atoms with Crippen LogP contribution in [0.5, 0.6) is 5.75 Å². The van der Waals surface area contributed by atoms with Gasteiger partial charge in [0.05, 0.1) is 5.39 Å². The maximum atomic E-state index is 12.6. The second kappa shape index (κ2) is 4.71. The van der Waals surface area contributed by atoms with E-state index in [4.69, 9.17) is 9.15 Å². The molecule has 0 saturated carbocycles. The summed E-state index contributed by atoms with van der Waals surface area (Å²) in [5, 5.41) is 0.517. The van der Waals surface area contributed by atoms with Crippen LogP contribution < -0.4 is 10.2 Å². The number of ether oxygens (including phenoxy) is 1. The highest BCUT2D eigenvalue weighted by molar-refractivity contribution is 9.10. The zero-order chi connectivity index (χ0) is 14.6. The van der Waals surface area contributed by atoms with E-state index >= 15 is 0 Å². The van der Waals surface area contributed by atoms with Crippen molar-refractivity contribution in [2.45, 2.75) is 6.61 Å². The molecule has 0 atom stereocenters. The van der Waals surface area contributed by atoms with Crippen molar-refractivity contribution in [3.8, 4) is 17.1 Å². The number of halogens is 2. The maximum Gasteiger partial charge on any atom is 0.235 e. The Morgan fingerprint density at radius 1 is 1.00 bits per heavy atom. The number of hydrogen-bond acceptors (Lipinski definition) is 3. The molecule has 0 N–H and O–H groups in total. The molecule has 2 aromatic carbocycles. The van der Waals surface area contributed by atoms with Gasteiger partial charge in [-0.15, -0.1) is 0 Å². The van der Waals surface area contributed by atoms with Gasteiger partial charge in [0, 0.05) is 20.1 Å². The molecule has 0 aliphatic carbocycles. The summed E-state index contributed by atoms with van der Waals surface area (Å²) in [7, 11) is 0. The Kier molecular flexibility index (Phi) is 2.94. The third-order valence-corrected chi connectivity index (χ3v) is 4.48. The van der Waals surface area contributed by atoms with Crippen LogP contribution in [0.1, 0.15) is 5.56 Å². The Morgan fingerprint density at radius 2 is 1.76 bits per heavy atom. The van der Waals surface area contributed by atoms with Gasteiger partial charge in [-0.1, -0.05) is 31.9 Å². The van der Waals surface area contributed by atoms with Crippen LogP contribution >= 0.6 is 31.9 Å². The largest absolute Gasteiger partial charge is 0.481 e. The predicted octanol–water partition coefficient (Wildman–Crippen LogP) is 4.88. The minimum atomic E-state index is -0.138. The number of hydrogen-bond donors (Lipinski definition) is 0. The van der Waals surface area contributed by atoms with Gasteiger partial charge in [-0.25, -0.2) is 0 Å². The highest BCUT2D eigenvalue weighted by Crippen LogP contribution is 2.38. The zero-order valence-corrected chi connectivity index (χ0v) is 13.8. The number of benzene rings is 2. The summed E-state index contributed by atoms with van der Waals surface area (Å²) in [4.78, 5) is 12.6. The molecule has 3 nitrogen and oxygen atoms in total. The van der Waals surface area contributed by atoms with Gasteiger partial charge in [0.1, 0.15) is 12.2 Å². The summed E-state index contributed by atoms with van der Waals surface area (Å²) in [5.41, 5.74) is 2.32. The Labute approximate surface area is 136 Å². The Balaban J connectivity index is 2.09. The Hall–Kier alpha value is -1.59. The second-order valence-corrected chi connectivity index (χ2v) is 6.65. The molecule has 4 rings (SSSR count). The molecule has 0 radical (unpaired) electrons. The number of fused-ring (bicyclic) bond motifs is 4. The van der Waals surface area contributed by atoms with Crippen LogP contribution in [0, 0.1) is 0 Å². The summed E-state index contributed by atoms with van der Waals surface area (Å²) in [6.07, 6.45) is 0. The van der Waals surface area contributed by atoms with Crippen molar-refractivity contribution < 1.29 is 9.15 Å². The molecule has 0 amide bonds. The molecule has 1 aromatic heterocycles. The first-order chi connectivity index (χ1) is 10.1. The van der Waals surface area contributed by atoms with E-state index in [2.05, 4.69) is 31.9 Å². The van der Waals surface area contributed by atoms with Crippen molar-refractivity contribution in [3.63, 3.8) is 0 Å².